The monoisotopic (exact) mass is 443 g/mol. The van der Waals surface area contributed by atoms with Crippen molar-refractivity contribution in [1.29, 1.82) is 0 Å². The average Bonchev–Trinajstić information content (AvgIpc) is 2.69. The van der Waals surface area contributed by atoms with Gasteiger partial charge in [-0.2, -0.15) is 0 Å². The molecule has 1 fully saturated rings. The summed E-state index contributed by atoms with van der Waals surface area (Å²) in [5.41, 5.74) is 1.55. The second kappa shape index (κ2) is 9.20. The molecule has 1 heterocycles. The van der Waals surface area contributed by atoms with Crippen molar-refractivity contribution < 1.29 is 18.0 Å². The van der Waals surface area contributed by atoms with Gasteiger partial charge in [0, 0.05) is 29.9 Å². The molecule has 7 nitrogen and oxygen atoms in total. The van der Waals surface area contributed by atoms with Crippen molar-refractivity contribution in [2.24, 2.45) is 0 Å². The first kappa shape index (κ1) is 23.0. The fraction of sp³-hybridized carbons (Fsp3) is 0.391. The summed E-state index contributed by atoms with van der Waals surface area (Å²) in [5.74, 6) is -0.331. The zero-order chi connectivity index (χ0) is 22.6. The van der Waals surface area contributed by atoms with Gasteiger partial charge in [-0.25, -0.2) is 8.42 Å². The van der Waals surface area contributed by atoms with Crippen molar-refractivity contribution in [3.05, 3.63) is 65.7 Å². The smallest absolute Gasteiger partial charge is 0.251 e. The molecule has 0 aromatic heterocycles. The molecule has 3 rings (SSSR count). The van der Waals surface area contributed by atoms with Crippen molar-refractivity contribution in [3.8, 4) is 0 Å². The van der Waals surface area contributed by atoms with E-state index in [9.17, 15) is 18.0 Å². The number of nitrogens with one attached hydrogen (secondary N) is 2. The van der Waals surface area contributed by atoms with E-state index >= 15 is 0 Å². The highest BCUT2D eigenvalue weighted by molar-refractivity contribution is 7.91. The molecule has 2 amide bonds. The molecular formula is C23H29N3O4S. The number of amides is 2. The lowest BCUT2D eigenvalue weighted by atomic mass is 10.0. The Labute approximate surface area is 183 Å². The molecule has 2 N–H and O–H groups in total. The maximum atomic E-state index is 13.2. The van der Waals surface area contributed by atoms with E-state index in [1.165, 1.54) is 0 Å². The zero-order valence-corrected chi connectivity index (χ0v) is 18.9. The number of hydrogen-bond donors (Lipinski definition) is 2. The van der Waals surface area contributed by atoms with Gasteiger partial charge in [0.05, 0.1) is 11.5 Å². The highest BCUT2D eigenvalue weighted by Crippen LogP contribution is 2.25. The van der Waals surface area contributed by atoms with E-state index in [4.69, 9.17) is 0 Å². The van der Waals surface area contributed by atoms with Crippen LogP contribution in [-0.4, -0.2) is 55.3 Å². The minimum atomic E-state index is -3.05. The number of carbonyl (C=O) groups excluding carboxylic acids is 2. The van der Waals surface area contributed by atoms with Gasteiger partial charge in [-0.05, 0) is 50.6 Å². The molecule has 8 heteroatoms. The third-order valence-electron chi connectivity index (χ3n) is 5.01. The normalized spacial score (nSPS) is 17.5. The van der Waals surface area contributed by atoms with E-state index < -0.39 is 15.9 Å². The summed E-state index contributed by atoms with van der Waals surface area (Å²) < 4.78 is 23.7. The Bertz CT molecular complexity index is 1010. The predicted molar refractivity (Wildman–Crippen MR) is 122 cm³/mol. The van der Waals surface area contributed by atoms with Gasteiger partial charge in [0.2, 0.25) is 5.91 Å². The molecule has 1 aliphatic heterocycles. The summed E-state index contributed by atoms with van der Waals surface area (Å²) >= 11 is 0. The summed E-state index contributed by atoms with van der Waals surface area (Å²) in [6, 6.07) is 15.5. The van der Waals surface area contributed by atoms with Crippen LogP contribution in [-0.2, 0) is 14.6 Å². The molecule has 166 valence electrons. The fourth-order valence-electron chi connectivity index (χ4n) is 3.48. The fourth-order valence-corrected chi connectivity index (χ4v) is 4.71. The molecule has 2 aromatic rings. The van der Waals surface area contributed by atoms with Gasteiger partial charge in [0.25, 0.3) is 5.91 Å². The van der Waals surface area contributed by atoms with E-state index in [1.54, 1.807) is 24.3 Å². The van der Waals surface area contributed by atoms with Crippen molar-refractivity contribution in [3.63, 3.8) is 0 Å². The van der Waals surface area contributed by atoms with Crippen LogP contribution in [0.3, 0.4) is 0 Å². The molecule has 1 aliphatic rings. The van der Waals surface area contributed by atoms with Crippen molar-refractivity contribution in [1.82, 2.24) is 10.2 Å². The summed E-state index contributed by atoms with van der Waals surface area (Å²) in [4.78, 5) is 27.4. The molecule has 1 atom stereocenters. The first-order valence-electron chi connectivity index (χ1n) is 10.3. The molecule has 2 aromatic carbocycles. The van der Waals surface area contributed by atoms with Crippen molar-refractivity contribution >= 4 is 27.3 Å². The second-order valence-corrected chi connectivity index (χ2v) is 11.1. The number of sulfone groups is 1. The highest BCUT2D eigenvalue weighted by Gasteiger charge is 2.32. The van der Waals surface area contributed by atoms with Crippen LogP contribution in [0.25, 0.3) is 0 Å². The Kier molecular flexibility index (Phi) is 6.81. The third kappa shape index (κ3) is 6.38. The standard InChI is InChI=1S/C23H29N3O4S/c1-23(2,3)25-21(27)18-9-11-19(12-10-18)24-22(28)20(17-7-5-4-6-8-17)26-13-15-31(29,30)16-14-26/h4-12,20H,13-16H2,1-3H3,(H,24,28)(H,25,27). The first-order chi connectivity index (χ1) is 14.5. The lowest BCUT2D eigenvalue weighted by Crippen LogP contribution is -2.46. The Balaban J connectivity index is 1.75. The van der Waals surface area contributed by atoms with Crippen LogP contribution in [0.1, 0.15) is 42.7 Å². The van der Waals surface area contributed by atoms with Crippen LogP contribution in [0.15, 0.2) is 54.6 Å². The lowest BCUT2D eigenvalue weighted by molar-refractivity contribution is -0.121. The van der Waals surface area contributed by atoms with E-state index in [-0.39, 0.29) is 28.9 Å². The average molecular weight is 444 g/mol. The predicted octanol–water partition coefficient (Wildman–Crippen LogP) is 2.63. The summed E-state index contributed by atoms with van der Waals surface area (Å²) in [5, 5.41) is 5.81. The topological polar surface area (TPSA) is 95.6 Å². The van der Waals surface area contributed by atoms with Crippen LogP contribution >= 0.6 is 0 Å². The second-order valence-electron chi connectivity index (χ2n) is 8.77. The molecule has 0 bridgehead atoms. The van der Waals surface area contributed by atoms with Gasteiger partial charge >= 0.3 is 0 Å². The van der Waals surface area contributed by atoms with Crippen LogP contribution in [0.5, 0.6) is 0 Å². The van der Waals surface area contributed by atoms with E-state index in [0.29, 0.717) is 24.3 Å². The number of hydrogen-bond acceptors (Lipinski definition) is 5. The third-order valence-corrected chi connectivity index (χ3v) is 6.62. The van der Waals surface area contributed by atoms with E-state index in [1.807, 2.05) is 56.0 Å². The maximum Gasteiger partial charge on any atom is 0.251 e. The number of benzene rings is 2. The Morgan fingerprint density at radius 1 is 0.935 bits per heavy atom. The zero-order valence-electron chi connectivity index (χ0n) is 18.1. The van der Waals surface area contributed by atoms with Gasteiger partial charge in [0.15, 0.2) is 9.84 Å². The quantitative estimate of drug-likeness (QED) is 0.741. The molecule has 0 aliphatic carbocycles. The molecule has 31 heavy (non-hydrogen) atoms. The van der Waals surface area contributed by atoms with Gasteiger partial charge in [-0.3, -0.25) is 14.5 Å². The molecule has 0 radical (unpaired) electrons. The largest absolute Gasteiger partial charge is 0.347 e. The van der Waals surface area contributed by atoms with Crippen molar-refractivity contribution in [2.45, 2.75) is 32.4 Å². The molecule has 1 saturated heterocycles. The SMILES string of the molecule is CC(C)(C)NC(=O)c1ccc(NC(=O)C(c2ccccc2)N2CCS(=O)(=O)CC2)cc1. The summed E-state index contributed by atoms with van der Waals surface area (Å²) in [6.45, 7) is 6.35. The first-order valence-corrected chi connectivity index (χ1v) is 12.1. The number of rotatable bonds is 5. The maximum absolute atomic E-state index is 13.2. The van der Waals surface area contributed by atoms with Gasteiger partial charge in [-0.1, -0.05) is 30.3 Å². The van der Waals surface area contributed by atoms with E-state index in [2.05, 4.69) is 10.6 Å². The van der Waals surface area contributed by atoms with Gasteiger partial charge in [-0.15, -0.1) is 0 Å². The van der Waals surface area contributed by atoms with Crippen LogP contribution < -0.4 is 10.6 Å². The lowest BCUT2D eigenvalue weighted by Gasteiger charge is -2.33. The summed E-state index contributed by atoms with van der Waals surface area (Å²) in [7, 11) is -3.05. The summed E-state index contributed by atoms with van der Waals surface area (Å²) in [6.07, 6.45) is 0. The molecule has 1 unspecified atom stereocenters. The van der Waals surface area contributed by atoms with Crippen molar-refractivity contribution in [2.75, 3.05) is 29.9 Å². The molecular weight excluding hydrogens is 414 g/mol. The minimum Gasteiger partial charge on any atom is -0.347 e. The Hall–Kier alpha value is -2.71. The highest BCUT2D eigenvalue weighted by atomic mass is 32.2. The van der Waals surface area contributed by atoms with Gasteiger partial charge in [0.1, 0.15) is 6.04 Å². The van der Waals surface area contributed by atoms with Crippen LogP contribution in [0.2, 0.25) is 0 Å². The molecule has 0 saturated carbocycles. The van der Waals surface area contributed by atoms with Gasteiger partial charge < -0.3 is 10.6 Å². The Morgan fingerprint density at radius 2 is 1.52 bits per heavy atom. The van der Waals surface area contributed by atoms with Crippen LogP contribution in [0, 0.1) is 0 Å². The van der Waals surface area contributed by atoms with E-state index in [0.717, 1.165) is 5.56 Å². The Morgan fingerprint density at radius 3 is 2.06 bits per heavy atom. The number of carbonyl (C=O) groups is 2. The number of nitrogens with zero attached hydrogens (tertiary/aromatic N) is 1. The molecule has 0 spiro atoms. The van der Waals surface area contributed by atoms with Crippen LogP contribution in [0.4, 0.5) is 5.69 Å². The number of anilines is 1. The minimum absolute atomic E-state index is 0.0429.